The van der Waals surface area contributed by atoms with Crippen LogP contribution in [-0.4, -0.2) is 42.8 Å². The summed E-state index contributed by atoms with van der Waals surface area (Å²) in [6.45, 7) is 3.50. The van der Waals surface area contributed by atoms with Gasteiger partial charge in [0.25, 0.3) is 5.91 Å². The van der Waals surface area contributed by atoms with Gasteiger partial charge in [-0.25, -0.2) is 4.99 Å². The summed E-state index contributed by atoms with van der Waals surface area (Å²) < 4.78 is 10.6. The third-order valence-electron chi connectivity index (χ3n) is 3.88. The lowest BCUT2D eigenvalue weighted by atomic mass is 10.2. The number of hydrogen-bond acceptors (Lipinski definition) is 5. The Hall–Kier alpha value is -2.57. The van der Waals surface area contributed by atoms with Gasteiger partial charge < -0.3 is 9.47 Å². The normalized spacial score (nSPS) is 17.1. The molecule has 1 fully saturated rings. The van der Waals surface area contributed by atoms with E-state index in [1.165, 1.54) is 11.8 Å². The van der Waals surface area contributed by atoms with Gasteiger partial charge in [-0.3, -0.25) is 9.69 Å². The average molecular weight is 382 g/mol. The highest BCUT2D eigenvalue weighted by molar-refractivity contribution is 8.18. The molecule has 0 bridgehead atoms. The minimum absolute atomic E-state index is 0.0550. The van der Waals surface area contributed by atoms with Crippen LogP contribution in [0.15, 0.2) is 64.5 Å². The van der Waals surface area contributed by atoms with Gasteiger partial charge in [0.15, 0.2) is 5.17 Å². The summed E-state index contributed by atoms with van der Waals surface area (Å²) in [7, 11) is 1.62. The second-order valence-electron chi connectivity index (χ2n) is 5.79. The maximum atomic E-state index is 12.9. The summed E-state index contributed by atoms with van der Waals surface area (Å²) in [5.74, 6) is 0.763. The Bertz CT molecular complexity index is 832. The number of nitrogens with zero attached hydrogens (tertiary/aromatic N) is 2. The van der Waals surface area contributed by atoms with Crippen LogP contribution in [0.3, 0.4) is 0 Å². The van der Waals surface area contributed by atoms with E-state index in [4.69, 9.17) is 9.47 Å². The van der Waals surface area contributed by atoms with Crippen molar-refractivity contribution < 1.29 is 14.3 Å². The number of methoxy groups -OCH3 is 1. The van der Waals surface area contributed by atoms with Gasteiger partial charge in [-0.2, -0.15) is 0 Å². The number of carbonyl (C=O) groups is 1. The third kappa shape index (κ3) is 4.99. The molecule has 2 aromatic carbocycles. The highest BCUT2D eigenvalue weighted by Gasteiger charge is 2.33. The number of hydrogen-bond donors (Lipinski definition) is 0. The van der Waals surface area contributed by atoms with E-state index in [1.54, 1.807) is 12.0 Å². The summed E-state index contributed by atoms with van der Waals surface area (Å²) in [5.41, 5.74) is 1.76. The lowest BCUT2D eigenvalue weighted by molar-refractivity contribution is -0.122. The van der Waals surface area contributed by atoms with Crippen molar-refractivity contribution >= 4 is 34.6 Å². The molecule has 0 unspecified atom stereocenters. The summed E-state index contributed by atoms with van der Waals surface area (Å²) in [6.07, 6.45) is 1.88. The van der Waals surface area contributed by atoms with Crippen molar-refractivity contribution in [1.29, 1.82) is 0 Å². The molecule has 2 aromatic rings. The summed E-state index contributed by atoms with van der Waals surface area (Å²) >= 11 is 1.38. The van der Waals surface area contributed by atoms with E-state index >= 15 is 0 Å². The lowest BCUT2D eigenvalue weighted by Crippen LogP contribution is -2.32. The molecule has 0 atom stereocenters. The van der Waals surface area contributed by atoms with Gasteiger partial charge in [-0.05, 0) is 54.6 Å². The van der Waals surface area contributed by atoms with Crippen molar-refractivity contribution in [1.82, 2.24) is 4.90 Å². The molecule has 5 nitrogen and oxygen atoms in total. The Labute approximate surface area is 163 Å². The van der Waals surface area contributed by atoms with E-state index in [-0.39, 0.29) is 5.91 Å². The van der Waals surface area contributed by atoms with Crippen molar-refractivity contribution in [2.24, 2.45) is 4.99 Å². The molecule has 1 aliphatic rings. The first-order valence-corrected chi connectivity index (χ1v) is 9.60. The molecule has 1 saturated heterocycles. The fourth-order valence-electron chi connectivity index (χ4n) is 2.56. The first-order chi connectivity index (χ1) is 13.2. The number of amides is 1. The number of benzene rings is 2. The van der Waals surface area contributed by atoms with Crippen LogP contribution < -0.4 is 4.74 Å². The Morgan fingerprint density at radius 2 is 1.85 bits per heavy atom. The van der Waals surface area contributed by atoms with Crippen LogP contribution in [-0.2, 0) is 9.53 Å². The van der Waals surface area contributed by atoms with Gasteiger partial charge in [-0.1, -0.05) is 30.3 Å². The Morgan fingerprint density at radius 1 is 1.11 bits per heavy atom. The quantitative estimate of drug-likeness (QED) is 0.669. The monoisotopic (exact) mass is 382 g/mol. The second-order valence-corrected chi connectivity index (χ2v) is 6.80. The van der Waals surface area contributed by atoms with Crippen LogP contribution in [0.1, 0.15) is 12.5 Å². The lowest BCUT2D eigenvalue weighted by Gasteiger charge is -2.14. The number of carbonyl (C=O) groups excluding carboxylic acids is 1. The Morgan fingerprint density at radius 3 is 2.52 bits per heavy atom. The number of aliphatic imine (C=N–C) groups is 1. The van der Waals surface area contributed by atoms with Crippen molar-refractivity contribution in [3.8, 4) is 5.75 Å². The van der Waals surface area contributed by atoms with E-state index < -0.39 is 0 Å². The molecule has 140 valence electrons. The predicted octanol–water partition coefficient (Wildman–Crippen LogP) is 4.34. The largest absolute Gasteiger partial charge is 0.494 e. The molecule has 3 rings (SSSR count). The fourth-order valence-corrected chi connectivity index (χ4v) is 3.59. The van der Waals surface area contributed by atoms with Crippen LogP contribution in [0.2, 0.25) is 0 Å². The molecule has 0 radical (unpaired) electrons. The zero-order valence-electron chi connectivity index (χ0n) is 15.4. The molecule has 0 N–H and O–H groups in total. The van der Waals surface area contributed by atoms with E-state index in [0.717, 1.165) is 17.0 Å². The maximum absolute atomic E-state index is 12.9. The van der Waals surface area contributed by atoms with E-state index in [2.05, 4.69) is 4.99 Å². The number of rotatable bonds is 7. The van der Waals surface area contributed by atoms with Gasteiger partial charge in [-0.15, -0.1) is 0 Å². The molecule has 1 amide bonds. The highest BCUT2D eigenvalue weighted by atomic mass is 32.2. The van der Waals surface area contributed by atoms with E-state index in [0.29, 0.717) is 29.8 Å². The van der Waals surface area contributed by atoms with Crippen LogP contribution >= 0.6 is 11.8 Å². The van der Waals surface area contributed by atoms with Gasteiger partial charge in [0, 0.05) is 7.11 Å². The standard InChI is InChI=1S/C21H22N2O3S/c1-3-26-18-11-9-16(10-12-18)15-19-20(24)23(13-14-25-2)21(27-19)22-17-7-5-4-6-8-17/h4-12,15H,3,13-14H2,1-2H3/b19-15-,22-21?. The zero-order chi connectivity index (χ0) is 19.1. The molecular weight excluding hydrogens is 360 g/mol. The number of amidine groups is 1. The molecule has 27 heavy (non-hydrogen) atoms. The average Bonchev–Trinajstić information content (AvgIpc) is 2.97. The SMILES string of the molecule is CCOc1ccc(/C=C2\SC(=Nc3ccccc3)N(CCOC)C2=O)cc1. The maximum Gasteiger partial charge on any atom is 0.266 e. The summed E-state index contributed by atoms with van der Waals surface area (Å²) in [5, 5.41) is 0.667. The van der Waals surface area contributed by atoms with Crippen LogP contribution in [0.5, 0.6) is 5.75 Å². The third-order valence-corrected chi connectivity index (χ3v) is 4.88. The van der Waals surface area contributed by atoms with Crippen molar-refractivity contribution in [3.05, 3.63) is 65.1 Å². The van der Waals surface area contributed by atoms with Gasteiger partial charge in [0.05, 0.1) is 30.4 Å². The van der Waals surface area contributed by atoms with E-state index in [9.17, 15) is 4.79 Å². The molecule has 6 heteroatoms. The topological polar surface area (TPSA) is 51.1 Å². The van der Waals surface area contributed by atoms with Crippen LogP contribution in [0.25, 0.3) is 6.08 Å². The van der Waals surface area contributed by atoms with Gasteiger partial charge in [0.2, 0.25) is 0 Å². The first kappa shape index (κ1) is 19.2. The van der Waals surface area contributed by atoms with Crippen molar-refractivity contribution in [3.63, 3.8) is 0 Å². The predicted molar refractivity (Wildman–Crippen MR) is 110 cm³/mol. The second kappa shape index (κ2) is 9.39. The van der Waals surface area contributed by atoms with Crippen LogP contribution in [0, 0.1) is 0 Å². The molecule has 0 spiro atoms. The molecule has 1 heterocycles. The fraction of sp³-hybridized carbons (Fsp3) is 0.238. The van der Waals surface area contributed by atoms with Crippen molar-refractivity contribution in [2.75, 3.05) is 26.9 Å². The summed E-state index contributed by atoms with van der Waals surface area (Å²) in [6, 6.07) is 17.3. The molecule has 1 aliphatic heterocycles. The molecular formula is C21H22N2O3S. The zero-order valence-corrected chi connectivity index (χ0v) is 16.2. The number of ether oxygens (including phenoxy) is 2. The van der Waals surface area contributed by atoms with Crippen LogP contribution in [0.4, 0.5) is 5.69 Å². The minimum atomic E-state index is -0.0550. The minimum Gasteiger partial charge on any atom is -0.494 e. The van der Waals surface area contributed by atoms with Gasteiger partial charge in [0.1, 0.15) is 5.75 Å². The molecule has 0 aromatic heterocycles. The highest BCUT2D eigenvalue weighted by Crippen LogP contribution is 2.34. The molecule has 0 aliphatic carbocycles. The number of para-hydroxylation sites is 1. The summed E-state index contributed by atoms with van der Waals surface area (Å²) in [4.78, 5) is 19.8. The Balaban J connectivity index is 1.86. The Kier molecular flexibility index (Phi) is 6.68. The smallest absolute Gasteiger partial charge is 0.266 e. The van der Waals surface area contributed by atoms with E-state index in [1.807, 2.05) is 67.6 Å². The molecule has 0 saturated carbocycles. The number of thioether (sulfide) groups is 1. The van der Waals surface area contributed by atoms with Gasteiger partial charge >= 0.3 is 0 Å². The first-order valence-electron chi connectivity index (χ1n) is 8.78. The van der Waals surface area contributed by atoms with Crippen molar-refractivity contribution in [2.45, 2.75) is 6.92 Å².